The number of rotatable bonds is 2. The Hall–Kier alpha value is -5.08. The molecule has 1 aliphatic heterocycles. The van der Waals surface area contributed by atoms with Gasteiger partial charge in [-0.2, -0.15) is 0 Å². The van der Waals surface area contributed by atoms with Gasteiger partial charge in [-0.1, -0.05) is 100 Å². The Kier molecular flexibility index (Phi) is 5.47. The van der Waals surface area contributed by atoms with Crippen LogP contribution < -0.4 is 9.80 Å². The smallest absolute Gasteiger partial charge is 0.0703 e. The molecular weight excluding hydrogens is 556 g/mol. The van der Waals surface area contributed by atoms with Crippen LogP contribution in [0.25, 0.3) is 22.3 Å². The fraction of sp³-hybridized carbons (Fsp3) is 0.182. The molecule has 6 aromatic carbocycles. The van der Waals surface area contributed by atoms with Crippen LogP contribution in [0.2, 0.25) is 0 Å². The Morgan fingerprint density at radius 3 is 1.41 bits per heavy atom. The first-order valence-electron chi connectivity index (χ1n) is 16.5. The first-order chi connectivity index (χ1) is 22.2. The molecule has 0 fully saturated rings. The van der Waals surface area contributed by atoms with E-state index in [2.05, 4.69) is 173 Å². The van der Waals surface area contributed by atoms with Gasteiger partial charge in [0, 0.05) is 22.2 Å². The summed E-state index contributed by atoms with van der Waals surface area (Å²) in [6.45, 7) is 14.4. The van der Waals surface area contributed by atoms with Gasteiger partial charge < -0.3 is 9.80 Å². The quantitative estimate of drug-likeness (QED) is 0.196. The van der Waals surface area contributed by atoms with E-state index in [1.165, 1.54) is 84.1 Å². The normalized spacial score (nSPS) is 15.9. The van der Waals surface area contributed by atoms with Crippen LogP contribution in [0.3, 0.4) is 0 Å². The summed E-state index contributed by atoms with van der Waals surface area (Å²) in [5.74, 6) is 0. The van der Waals surface area contributed by atoms with Crippen LogP contribution in [-0.4, -0.2) is 0 Å². The van der Waals surface area contributed by atoms with E-state index >= 15 is 0 Å². The third kappa shape index (κ3) is 3.37. The molecule has 0 N–H and O–H groups in total. The van der Waals surface area contributed by atoms with Crippen LogP contribution in [-0.2, 0) is 10.8 Å². The number of hydrogen-bond donors (Lipinski definition) is 0. The van der Waals surface area contributed by atoms with E-state index < -0.39 is 0 Å². The zero-order valence-electron chi connectivity index (χ0n) is 27.4. The Morgan fingerprint density at radius 2 is 0.848 bits per heavy atom. The van der Waals surface area contributed by atoms with Gasteiger partial charge in [0.25, 0.3) is 0 Å². The van der Waals surface area contributed by atoms with Gasteiger partial charge in [-0.05, 0) is 118 Å². The van der Waals surface area contributed by atoms with E-state index in [1.807, 2.05) is 0 Å². The number of hydrogen-bond acceptors (Lipinski definition) is 2. The van der Waals surface area contributed by atoms with Crippen molar-refractivity contribution in [3.63, 3.8) is 0 Å². The minimum atomic E-state index is -0.159. The largest absolute Gasteiger partial charge is 0.306 e. The maximum Gasteiger partial charge on any atom is 0.0703 e. The van der Waals surface area contributed by atoms with Crippen LogP contribution in [0.4, 0.5) is 34.1 Å². The van der Waals surface area contributed by atoms with Crippen LogP contribution in [0.15, 0.2) is 121 Å². The monoisotopic (exact) mass is 594 g/mol. The van der Waals surface area contributed by atoms with Gasteiger partial charge in [0.2, 0.25) is 0 Å². The molecular formula is C44H38N2. The zero-order chi connectivity index (χ0) is 31.5. The minimum Gasteiger partial charge on any atom is -0.306 e. The predicted octanol–water partition coefficient (Wildman–Crippen LogP) is 12.2. The molecule has 0 aromatic heterocycles. The summed E-state index contributed by atoms with van der Waals surface area (Å²) in [4.78, 5) is 4.86. The standard InChI is InChI=1S/C44H38N2/c1-27-28(2)40-32-25-24-30(26-34(32)44(5,6)42(40)41-39(27)31-18-10-11-19-33(31)43(41,3)4)46-37-22-14-12-20-35(37)45(29-16-8-7-9-17-29)36-21-13-15-23-38(36)46/h7-26H,1-6H3. The first-order valence-corrected chi connectivity index (χ1v) is 16.5. The van der Waals surface area contributed by atoms with Crippen molar-refractivity contribution in [3.05, 3.63) is 155 Å². The topological polar surface area (TPSA) is 6.48 Å². The molecule has 1 heterocycles. The van der Waals surface area contributed by atoms with Crippen molar-refractivity contribution in [1.29, 1.82) is 0 Å². The van der Waals surface area contributed by atoms with E-state index in [0.29, 0.717) is 0 Å². The minimum absolute atomic E-state index is 0.0672. The van der Waals surface area contributed by atoms with Gasteiger partial charge in [0.15, 0.2) is 0 Å². The lowest BCUT2D eigenvalue weighted by Crippen LogP contribution is -2.25. The molecule has 46 heavy (non-hydrogen) atoms. The highest BCUT2D eigenvalue weighted by Gasteiger charge is 2.47. The second kappa shape index (κ2) is 9.23. The zero-order valence-corrected chi connectivity index (χ0v) is 27.4. The van der Waals surface area contributed by atoms with Crippen molar-refractivity contribution in [2.24, 2.45) is 0 Å². The lowest BCUT2D eigenvalue weighted by atomic mass is 9.71. The van der Waals surface area contributed by atoms with Crippen molar-refractivity contribution in [3.8, 4) is 22.3 Å². The fourth-order valence-electron chi connectivity index (χ4n) is 8.92. The summed E-state index contributed by atoms with van der Waals surface area (Å²) < 4.78 is 0. The number of benzene rings is 6. The van der Waals surface area contributed by atoms with Gasteiger partial charge in [-0.3, -0.25) is 0 Å². The number of nitrogens with zero attached hydrogens (tertiary/aromatic N) is 2. The molecule has 0 atom stereocenters. The van der Waals surface area contributed by atoms with E-state index in [4.69, 9.17) is 0 Å². The van der Waals surface area contributed by atoms with Crippen molar-refractivity contribution in [2.45, 2.75) is 52.4 Å². The molecule has 3 aliphatic rings. The summed E-state index contributed by atoms with van der Waals surface area (Å²) in [5.41, 5.74) is 21.2. The van der Waals surface area contributed by atoms with Crippen molar-refractivity contribution in [1.82, 2.24) is 0 Å². The Morgan fingerprint density at radius 1 is 0.413 bits per heavy atom. The van der Waals surface area contributed by atoms with Crippen molar-refractivity contribution >= 4 is 34.1 Å². The van der Waals surface area contributed by atoms with E-state index in [9.17, 15) is 0 Å². The van der Waals surface area contributed by atoms with Crippen LogP contribution in [0.1, 0.15) is 61.1 Å². The maximum atomic E-state index is 2.48. The molecule has 0 unspecified atom stereocenters. The summed E-state index contributed by atoms with van der Waals surface area (Å²) in [6, 6.07) is 44.6. The van der Waals surface area contributed by atoms with Gasteiger partial charge in [-0.25, -0.2) is 0 Å². The first kappa shape index (κ1) is 27.2. The van der Waals surface area contributed by atoms with E-state index in [-0.39, 0.29) is 10.8 Å². The Balaban J connectivity index is 1.26. The van der Waals surface area contributed by atoms with Gasteiger partial charge >= 0.3 is 0 Å². The predicted molar refractivity (Wildman–Crippen MR) is 194 cm³/mol. The van der Waals surface area contributed by atoms with Crippen molar-refractivity contribution in [2.75, 3.05) is 9.80 Å². The molecule has 2 nitrogen and oxygen atoms in total. The summed E-state index contributed by atoms with van der Waals surface area (Å²) in [5, 5.41) is 0. The average molecular weight is 595 g/mol. The summed E-state index contributed by atoms with van der Waals surface area (Å²) in [6.07, 6.45) is 0. The second-order valence-corrected chi connectivity index (χ2v) is 14.3. The summed E-state index contributed by atoms with van der Waals surface area (Å²) in [7, 11) is 0. The third-order valence-electron chi connectivity index (χ3n) is 11.1. The van der Waals surface area contributed by atoms with Crippen LogP contribution in [0.5, 0.6) is 0 Å². The molecule has 224 valence electrons. The number of fused-ring (bicyclic) bond motifs is 9. The Bertz CT molecular complexity index is 2190. The lowest BCUT2D eigenvalue weighted by molar-refractivity contribution is 0.600. The molecule has 0 saturated heterocycles. The van der Waals surface area contributed by atoms with E-state index in [0.717, 1.165) is 5.69 Å². The Labute approximate surface area is 272 Å². The SMILES string of the molecule is Cc1c(C)c2c(c3c1-c1ccccc1C3(C)C)C(C)(C)c1cc(N3c4ccccc4N(c4ccccc4)c4ccccc43)ccc1-2. The molecule has 0 saturated carbocycles. The van der Waals surface area contributed by atoms with Gasteiger partial charge in [0.05, 0.1) is 22.7 Å². The molecule has 6 aromatic rings. The lowest BCUT2D eigenvalue weighted by Gasteiger charge is -2.40. The van der Waals surface area contributed by atoms with Gasteiger partial charge in [-0.15, -0.1) is 0 Å². The highest BCUT2D eigenvalue weighted by Crippen LogP contribution is 2.62. The third-order valence-corrected chi connectivity index (χ3v) is 11.1. The van der Waals surface area contributed by atoms with E-state index in [1.54, 1.807) is 0 Å². The molecule has 2 aliphatic carbocycles. The number of para-hydroxylation sites is 5. The average Bonchev–Trinajstić information content (AvgIpc) is 3.45. The number of anilines is 6. The van der Waals surface area contributed by atoms with Gasteiger partial charge in [0.1, 0.15) is 0 Å². The highest BCUT2D eigenvalue weighted by molar-refractivity contribution is 6.02. The molecule has 0 radical (unpaired) electrons. The highest BCUT2D eigenvalue weighted by atomic mass is 15.3. The van der Waals surface area contributed by atoms with Crippen LogP contribution >= 0.6 is 0 Å². The second-order valence-electron chi connectivity index (χ2n) is 14.3. The molecule has 2 heteroatoms. The maximum absolute atomic E-state index is 2.48. The summed E-state index contributed by atoms with van der Waals surface area (Å²) >= 11 is 0. The molecule has 0 amide bonds. The molecule has 9 rings (SSSR count). The van der Waals surface area contributed by atoms with Crippen LogP contribution in [0, 0.1) is 13.8 Å². The molecule has 0 bridgehead atoms. The van der Waals surface area contributed by atoms with Crippen molar-refractivity contribution < 1.29 is 0 Å². The molecule has 0 spiro atoms. The fourth-order valence-corrected chi connectivity index (χ4v) is 8.92.